The number of carbonyl (C=O) groups excluding carboxylic acids is 1. The minimum absolute atomic E-state index is 0.145. The number of hydrogen-bond acceptors (Lipinski definition) is 5. The van der Waals surface area contributed by atoms with Crippen LogP contribution >= 0.6 is 11.3 Å². The van der Waals surface area contributed by atoms with Crippen molar-refractivity contribution >= 4 is 17.2 Å². The highest BCUT2D eigenvalue weighted by molar-refractivity contribution is 7.17. The van der Waals surface area contributed by atoms with Gasteiger partial charge in [-0.1, -0.05) is 24.3 Å². The summed E-state index contributed by atoms with van der Waals surface area (Å²) >= 11 is 1.60. The quantitative estimate of drug-likeness (QED) is 0.622. The molecule has 0 spiro atoms. The van der Waals surface area contributed by atoms with Gasteiger partial charge >= 0.3 is 0 Å². The fraction of sp³-hybridized carbons (Fsp3) is 0.320. The Labute approximate surface area is 185 Å². The molecule has 4 heterocycles. The predicted molar refractivity (Wildman–Crippen MR) is 121 cm³/mol. The number of ether oxygens (including phenoxy) is 2. The van der Waals surface area contributed by atoms with Crippen LogP contribution in [0.25, 0.3) is 10.4 Å². The van der Waals surface area contributed by atoms with Gasteiger partial charge in [0.1, 0.15) is 18.1 Å². The van der Waals surface area contributed by atoms with Gasteiger partial charge in [0.25, 0.3) is 5.91 Å². The van der Waals surface area contributed by atoms with E-state index in [0.29, 0.717) is 6.61 Å². The monoisotopic (exact) mass is 432 g/mol. The molecule has 1 fully saturated rings. The molecule has 0 unspecified atom stereocenters. The topological polar surface area (TPSA) is 42.0 Å². The molecule has 0 saturated carbocycles. The summed E-state index contributed by atoms with van der Waals surface area (Å²) < 4.78 is 11.5. The van der Waals surface area contributed by atoms with Crippen molar-refractivity contribution in [3.63, 3.8) is 0 Å². The second kappa shape index (κ2) is 7.70. The van der Waals surface area contributed by atoms with Crippen LogP contribution in [0.4, 0.5) is 0 Å². The van der Waals surface area contributed by atoms with Crippen LogP contribution in [0, 0.1) is 0 Å². The van der Waals surface area contributed by atoms with Gasteiger partial charge in [-0.3, -0.25) is 9.69 Å². The SMILES string of the molecule is O=C(c1cc2c(s1)-c1ccccc1OC2)N1CCN(Cc2ccc3c(c2)CCO3)CC1. The van der Waals surface area contributed by atoms with E-state index in [1.807, 2.05) is 29.2 Å². The Balaban J connectivity index is 1.11. The van der Waals surface area contributed by atoms with Crippen LogP contribution in [0.2, 0.25) is 0 Å². The molecule has 5 nitrogen and oxygen atoms in total. The number of thiophene rings is 1. The molecule has 0 N–H and O–H groups in total. The molecule has 0 atom stereocenters. The lowest BCUT2D eigenvalue weighted by atomic mass is 10.1. The first kappa shape index (κ1) is 18.9. The summed E-state index contributed by atoms with van der Waals surface area (Å²) in [6.45, 7) is 5.59. The Morgan fingerprint density at radius 2 is 1.81 bits per heavy atom. The number of para-hydroxylation sites is 1. The molecule has 1 saturated heterocycles. The number of amides is 1. The Morgan fingerprint density at radius 1 is 0.935 bits per heavy atom. The Bertz CT molecular complexity index is 1150. The smallest absolute Gasteiger partial charge is 0.264 e. The van der Waals surface area contributed by atoms with Crippen molar-refractivity contribution in [2.75, 3.05) is 32.8 Å². The van der Waals surface area contributed by atoms with Gasteiger partial charge in [-0.15, -0.1) is 11.3 Å². The van der Waals surface area contributed by atoms with Crippen molar-refractivity contribution < 1.29 is 14.3 Å². The Kier molecular flexibility index (Phi) is 4.69. The van der Waals surface area contributed by atoms with Crippen LogP contribution in [-0.4, -0.2) is 48.5 Å². The predicted octanol–water partition coefficient (Wildman–Crippen LogP) is 4.20. The number of benzene rings is 2. The molecule has 3 aromatic rings. The van der Waals surface area contributed by atoms with Gasteiger partial charge in [0.05, 0.1) is 11.5 Å². The van der Waals surface area contributed by atoms with E-state index in [9.17, 15) is 4.79 Å². The van der Waals surface area contributed by atoms with Crippen LogP contribution in [0.15, 0.2) is 48.5 Å². The van der Waals surface area contributed by atoms with Crippen molar-refractivity contribution in [1.82, 2.24) is 9.80 Å². The highest BCUT2D eigenvalue weighted by atomic mass is 32.1. The number of piperazine rings is 1. The minimum Gasteiger partial charge on any atom is -0.493 e. The summed E-state index contributed by atoms with van der Waals surface area (Å²) in [4.78, 5) is 19.6. The zero-order valence-electron chi connectivity index (χ0n) is 17.3. The molecule has 0 radical (unpaired) electrons. The van der Waals surface area contributed by atoms with Crippen molar-refractivity contribution in [3.05, 3.63) is 70.1 Å². The normalized spacial score (nSPS) is 17.4. The van der Waals surface area contributed by atoms with Gasteiger partial charge in [-0.2, -0.15) is 0 Å². The second-order valence-corrected chi connectivity index (χ2v) is 9.41. The number of carbonyl (C=O) groups is 1. The molecular formula is C25H24N2O3S. The van der Waals surface area contributed by atoms with E-state index < -0.39 is 0 Å². The molecule has 0 bridgehead atoms. The van der Waals surface area contributed by atoms with Gasteiger partial charge in [0.2, 0.25) is 0 Å². The second-order valence-electron chi connectivity index (χ2n) is 8.36. The lowest BCUT2D eigenvalue weighted by Crippen LogP contribution is -2.48. The molecule has 31 heavy (non-hydrogen) atoms. The van der Waals surface area contributed by atoms with Crippen LogP contribution in [0.3, 0.4) is 0 Å². The molecule has 1 amide bonds. The van der Waals surface area contributed by atoms with Crippen molar-refractivity contribution in [3.8, 4) is 21.9 Å². The van der Waals surface area contributed by atoms with E-state index in [4.69, 9.17) is 9.47 Å². The molecular weight excluding hydrogens is 408 g/mol. The highest BCUT2D eigenvalue weighted by Crippen LogP contribution is 2.42. The van der Waals surface area contributed by atoms with Gasteiger partial charge in [0, 0.05) is 55.1 Å². The van der Waals surface area contributed by atoms with Gasteiger partial charge in [-0.25, -0.2) is 0 Å². The first-order valence-electron chi connectivity index (χ1n) is 10.9. The highest BCUT2D eigenvalue weighted by Gasteiger charge is 2.27. The van der Waals surface area contributed by atoms with E-state index in [2.05, 4.69) is 29.2 Å². The summed E-state index contributed by atoms with van der Waals surface area (Å²) in [6, 6.07) is 16.6. The average Bonchev–Trinajstić information content (AvgIpc) is 3.46. The van der Waals surface area contributed by atoms with Crippen molar-refractivity contribution in [1.29, 1.82) is 0 Å². The van der Waals surface area contributed by atoms with E-state index in [1.54, 1.807) is 11.3 Å². The van der Waals surface area contributed by atoms with Gasteiger partial charge in [0.15, 0.2) is 0 Å². The zero-order valence-corrected chi connectivity index (χ0v) is 18.1. The zero-order chi connectivity index (χ0) is 20.8. The first-order chi connectivity index (χ1) is 15.2. The number of rotatable bonds is 3. The van der Waals surface area contributed by atoms with E-state index in [0.717, 1.165) is 73.3 Å². The maximum Gasteiger partial charge on any atom is 0.264 e. The van der Waals surface area contributed by atoms with E-state index >= 15 is 0 Å². The van der Waals surface area contributed by atoms with Crippen molar-refractivity contribution in [2.45, 2.75) is 19.6 Å². The third-order valence-corrected chi connectivity index (χ3v) is 7.55. The van der Waals surface area contributed by atoms with E-state index in [-0.39, 0.29) is 5.91 Å². The first-order valence-corrected chi connectivity index (χ1v) is 11.7. The fourth-order valence-corrected chi connectivity index (χ4v) is 5.83. The largest absolute Gasteiger partial charge is 0.493 e. The Hall–Kier alpha value is -2.83. The summed E-state index contributed by atoms with van der Waals surface area (Å²) in [7, 11) is 0. The average molecular weight is 433 g/mol. The van der Waals surface area contributed by atoms with Gasteiger partial charge in [-0.05, 0) is 35.4 Å². The number of hydrogen-bond donors (Lipinski definition) is 0. The minimum atomic E-state index is 0.145. The molecule has 6 heteroatoms. The molecule has 6 rings (SSSR count). The molecule has 3 aliphatic rings. The van der Waals surface area contributed by atoms with Crippen LogP contribution < -0.4 is 9.47 Å². The summed E-state index contributed by atoms with van der Waals surface area (Å²) in [5, 5.41) is 0. The van der Waals surface area contributed by atoms with Crippen LogP contribution in [0.5, 0.6) is 11.5 Å². The molecule has 1 aromatic heterocycles. The maximum absolute atomic E-state index is 13.2. The third-order valence-electron chi connectivity index (χ3n) is 6.35. The summed E-state index contributed by atoms with van der Waals surface area (Å²) in [5.41, 5.74) is 4.86. The standard InChI is InChI=1S/C25H24N2O3S/c28-25(23-14-19-16-30-22-4-2-1-3-20(22)24(19)31-23)27-10-8-26(9-11-27)15-17-5-6-21-18(13-17)7-12-29-21/h1-6,13-14H,7-12,15-16H2. The third kappa shape index (κ3) is 3.50. The molecule has 0 aliphatic carbocycles. The summed E-state index contributed by atoms with van der Waals surface area (Å²) in [6.07, 6.45) is 1.01. The molecule has 158 valence electrons. The molecule has 3 aliphatic heterocycles. The van der Waals surface area contributed by atoms with E-state index in [1.165, 1.54) is 16.0 Å². The summed E-state index contributed by atoms with van der Waals surface area (Å²) in [5.74, 6) is 2.08. The fourth-order valence-electron chi connectivity index (χ4n) is 4.67. The Morgan fingerprint density at radius 3 is 2.71 bits per heavy atom. The molecule has 2 aromatic carbocycles. The van der Waals surface area contributed by atoms with Gasteiger partial charge < -0.3 is 14.4 Å². The maximum atomic E-state index is 13.2. The van der Waals surface area contributed by atoms with Crippen molar-refractivity contribution in [2.24, 2.45) is 0 Å². The lowest BCUT2D eigenvalue weighted by molar-refractivity contribution is 0.0633. The number of nitrogens with zero attached hydrogens (tertiary/aromatic N) is 2. The number of fused-ring (bicyclic) bond motifs is 4. The lowest BCUT2D eigenvalue weighted by Gasteiger charge is -2.34. The van der Waals surface area contributed by atoms with Crippen LogP contribution in [-0.2, 0) is 19.6 Å². The van der Waals surface area contributed by atoms with Crippen LogP contribution in [0.1, 0.15) is 26.4 Å².